The van der Waals surface area contributed by atoms with Crippen LogP contribution in [0, 0.1) is 12.7 Å². The molecule has 21 heavy (non-hydrogen) atoms. The number of hydrogen-bond acceptors (Lipinski definition) is 3. The Hall–Kier alpha value is -1.73. The zero-order valence-corrected chi connectivity index (χ0v) is 12.4. The molecule has 0 atom stereocenters. The second-order valence-corrected chi connectivity index (χ2v) is 7.06. The number of sulfonamides is 1. The summed E-state index contributed by atoms with van der Waals surface area (Å²) in [6, 6.07) is 5.51. The van der Waals surface area contributed by atoms with Crippen LogP contribution in [0.15, 0.2) is 29.2 Å². The Labute approximate surface area is 122 Å². The normalized spacial score (nSPS) is 15.3. The van der Waals surface area contributed by atoms with Gasteiger partial charge in [-0.1, -0.05) is 0 Å². The van der Waals surface area contributed by atoms with Crippen molar-refractivity contribution in [1.29, 1.82) is 0 Å². The molecule has 0 spiro atoms. The van der Waals surface area contributed by atoms with Crippen LogP contribution in [0.2, 0.25) is 0 Å². The van der Waals surface area contributed by atoms with Gasteiger partial charge in [-0.15, -0.1) is 0 Å². The van der Waals surface area contributed by atoms with E-state index in [1.807, 2.05) is 6.07 Å². The summed E-state index contributed by atoms with van der Waals surface area (Å²) in [5, 5.41) is 7.01. The summed E-state index contributed by atoms with van der Waals surface area (Å²) in [7, 11) is -3.67. The lowest BCUT2D eigenvalue weighted by atomic mass is 10.2. The van der Waals surface area contributed by atoms with E-state index in [0.29, 0.717) is 11.5 Å². The van der Waals surface area contributed by atoms with E-state index in [1.165, 1.54) is 12.1 Å². The summed E-state index contributed by atoms with van der Waals surface area (Å²) in [6.45, 7) is 1.71. The minimum absolute atomic E-state index is 0.0887. The highest BCUT2D eigenvalue weighted by Crippen LogP contribution is 2.38. The quantitative estimate of drug-likeness (QED) is 0.889. The zero-order chi connectivity index (χ0) is 15.0. The molecule has 5 nitrogen and oxygen atoms in total. The number of nitrogens with one attached hydrogen (secondary N) is 2. The number of H-pyrrole nitrogens is 1. The fraction of sp³-hybridized carbons (Fsp3) is 0.357. The maximum atomic E-state index is 13.0. The molecule has 0 bridgehead atoms. The van der Waals surface area contributed by atoms with Crippen molar-refractivity contribution in [3.63, 3.8) is 0 Å². The van der Waals surface area contributed by atoms with Crippen molar-refractivity contribution < 1.29 is 12.8 Å². The SMILES string of the molecule is Cc1cc(F)ccc1S(=O)(=O)NCc1cc(C2CC2)n[nH]1. The summed E-state index contributed by atoms with van der Waals surface area (Å²) in [5.74, 6) is 0.0695. The number of hydrogen-bond donors (Lipinski definition) is 2. The lowest BCUT2D eigenvalue weighted by molar-refractivity contribution is 0.578. The molecule has 2 aromatic rings. The number of halogens is 1. The number of nitrogens with zero attached hydrogens (tertiary/aromatic N) is 1. The van der Waals surface area contributed by atoms with Crippen molar-refractivity contribution in [1.82, 2.24) is 14.9 Å². The maximum Gasteiger partial charge on any atom is 0.241 e. The number of rotatable bonds is 5. The van der Waals surface area contributed by atoms with Crippen molar-refractivity contribution in [2.75, 3.05) is 0 Å². The summed E-state index contributed by atoms with van der Waals surface area (Å²) < 4.78 is 40.0. The van der Waals surface area contributed by atoms with Gasteiger partial charge in [0.15, 0.2) is 0 Å². The predicted molar refractivity (Wildman–Crippen MR) is 75.7 cm³/mol. The molecule has 0 radical (unpaired) electrons. The molecule has 0 aliphatic heterocycles. The van der Waals surface area contributed by atoms with Gasteiger partial charge in [0.2, 0.25) is 10.0 Å². The van der Waals surface area contributed by atoms with Crippen LogP contribution in [0.4, 0.5) is 4.39 Å². The van der Waals surface area contributed by atoms with Crippen LogP contribution in [0.1, 0.15) is 35.7 Å². The Kier molecular flexibility index (Phi) is 3.54. The lowest BCUT2D eigenvalue weighted by Gasteiger charge is -2.08. The average Bonchev–Trinajstić information content (AvgIpc) is 3.15. The minimum Gasteiger partial charge on any atom is -0.281 e. The molecule has 1 aliphatic rings. The van der Waals surface area contributed by atoms with Gasteiger partial charge >= 0.3 is 0 Å². The first kappa shape index (κ1) is 14.2. The zero-order valence-electron chi connectivity index (χ0n) is 11.6. The fourth-order valence-electron chi connectivity index (χ4n) is 2.22. The van der Waals surface area contributed by atoms with Gasteiger partial charge in [-0.05, 0) is 49.6 Å². The number of aromatic amines is 1. The molecule has 1 aliphatic carbocycles. The Morgan fingerprint density at radius 2 is 2.14 bits per heavy atom. The Balaban J connectivity index is 1.72. The fourth-order valence-corrected chi connectivity index (χ4v) is 3.45. The largest absolute Gasteiger partial charge is 0.281 e. The van der Waals surface area contributed by atoms with E-state index >= 15 is 0 Å². The van der Waals surface area contributed by atoms with E-state index in [-0.39, 0.29) is 11.4 Å². The van der Waals surface area contributed by atoms with E-state index in [1.54, 1.807) is 6.92 Å². The topological polar surface area (TPSA) is 74.8 Å². The third-order valence-electron chi connectivity index (χ3n) is 3.53. The van der Waals surface area contributed by atoms with Crippen LogP contribution in [0.5, 0.6) is 0 Å². The molecule has 2 N–H and O–H groups in total. The number of aryl methyl sites for hydroxylation is 1. The van der Waals surface area contributed by atoms with Crippen molar-refractivity contribution in [3.8, 4) is 0 Å². The Morgan fingerprint density at radius 1 is 1.38 bits per heavy atom. The number of aromatic nitrogens is 2. The standard InChI is InChI=1S/C14H16FN3O2S/c1-9-6-11(15)4-5-14(9)21(19,20)16-8-12-7-13(18-17-12)10-2-3-10/h4-7,10,16H,2-3,8H2,1H3,(H,17,18). The third kappa shape index (κ3) is 3.14. The van der Waals surface area contributed by atoms with Gasteiger partial charge in [-0.25, -0.2) is 17.5 Å². The van der Waals surface area contributed by atoms with Gasteiger partial charge in [0.25, 0.3) is 0 Å². The first-order valence-electron chi connectivity index (χ1n) is 6.76. The van der Waals surface area contributed by atoms with E-state index < -0.39 is 15.8 Å². The van der Waals surface area contributed by atoms with Gasteiger partial charge in [0, 0.05) is 5.92 Å². The van der Waals surface area contributed by atoms with Crippen molar-refractivity contribution in [3.05, 3.63) is 47.0 Å². The van der Waals surface area contributed by atoms with Crippen LogP contribution in [0.25, 0.3) is 0 Å². The van der Waals surface area contributed by atoms with Crippen LogP contribution >= 0.6 is 0 Å². The molecular weight excluding hydrogens is 293 g/mol. The second-order valence-electron chi connectivity index (χ2n) is 5.33. The summed E-state index contributed by atoms with van der Waals surface area (Å²) in [5.41, 5.74) is 2.09. The lowest BCUT2D eigenvalue weighted by Crippen LogP contribution is -2.24. The molecule has 0 saturated heterocycles. The van der Waals surface area contributed by atoms with Crippen molar-refractivity contribution in [2.24, 2.45) is 0 Å². The molecule has 112 valence electrons. The maximum absolute atomic E-state index is 13.0. The monoisotopic (exact) mass is 309 g/mol. The number of benzene rings is 1. The minimum atomic E-state index is -3.67. The molecule has 7 heteroatoms. The molecule has 1 aromatic carbocycles. The van der Waals surface area contributed by atoms with Crippen LogP contribution < -0.4 is 4.72 Å². The second kappa shape index (κ2) is 5.23. The molecule has 3 rings (SSSR count). The highest BCUT2D eigenvalue weighted by molar-refractivity contribution is 7.89. The molecule has 0 amide bonds. The van der Waals surface area contributed by atoms with Crippen LogP contribution in [-0.4, -0.2) is 18.6 Å². The molecule has 0 unspecified atom stereocenters. The summed E-state index contributed by atoms with van der Waals surface area (Å²) in [6.07, 6.45) is 2.29. The highest BCUT2D eigenvalue weighted by atomic mass is 32.2. The van der Waals surface area contributed by atoms with E-state index in [0.717, 1.165) is 30.3 Å². The highest BCUT2D eigenvalue weighted by Gasteiger charge is 2.26. The third-order valence-corrected chi connectivity index (χ3v) is 5.09. The van der Waals surface area contributed by atoms with Gasteiger partial charge in [-0.3, -0.25) is 5.10 Å². The Bertz CT molecular complexity index is 766. The molecule has 1 aromatic heterocycles. The molecule has 1 saturated carbocycles. The molecule has 1 fully saturated rings. The first-order valence-corrected chi connectivity index (χ1v) is 8.24. The average molecular weight is 309 g/mol. The van der Waals surface area contributed by atoms with E-state index in [4.69, 9.17) is 0 Å². The molecule has 1 heterocycles. The van der Waals surface area contributed by atoms with Crippen LogP contribution in [-0.2, 0) is 16.6 Å². The Morgan fingerprint density at radius 3 is 2.81 bits per heavy atom. The van der Waals surface area contributed by atoms with E-state index in [2.05, 4.69) is 14.9 Å². The summed E-state index contributed by atoms with van der Waals surface area (Å²) >= 11 is 0. The van der Waals surface area contributed by atoms with Crippen LogP contribution in [0.3, 0.4) is 0 Å². The van der Waals surface area contributed by atoms with Gasteiger partial charge in [0.1, 0.15) is 5.82 Å². The van der Waals surface area contributed by atoms with Crippen molar-refractivity contribution in [2.45, 2.75) is 37.1 Å². The smallest absolute Gasteiger partial charge is 0.241 e. The first-order chi connectivity index (χ1) is 9.95. The summed E-state index contributed by atoms with van der Waals surface area (Å²) in [4.78, 5) is 0.0887. The van der Waals surface area contributed by atoms with Gasteiger partial charge in [0.05, 0.1) is 22.8 Å². The van der Waals surface area contributed by atoms with Crippen molar-refractivity contribution >= 4 is 10.0 Å². The predicted octanol–water partition coefficient (Wildman–Crippen LogP) is 2.21. The van der Waals surface area contributed by atoms with E-state index in [9.17, 15) is 12.8 Å². The molecular formula is C14H16FN3O2S. The van der Waals surface area contributed by atoms with Gasteiger partial charge in [-0.2, -0.15) is 5.10 Å². The van der Waals surface area contributed by atoms with Gasteiger partial charge < -0.3 is 0 Å².